The highest BCUT2D eigenvalue weighted by Gasteiger charge is 2.16. The second-order valence-electron chi connectivity index (χ2n) is 6.01. The zero-order valence-electron chi connectivity index (χ0n) is 13.7. The summed E-state index contributed by atoms with van der Waals surface area (Å²) in [5.74, 6) is 0.411. The molecule has 0 unspecified atom stereocenters. The second-order valence-corrected chi connectivity index (χ2v) is 6.01. The highest BCUT2D eigenvalue weighted by atomic mass is 16.2. The number of hydrogen-bond donors (Lipinski definition) is 2. The number of allylic oxidation sites excluding steroid dienone is 1. The normalized spacial score (nSPS) is 15.4. The molecule has 0 aliphatic heterocycles. The van der Waals surface area contributed by atoms with Crippen LogP contribution in [0.4, 0.5) is 0 Å². The molecule has 0 aromatic carbocycles. The summed E-state index contributed by atoms with van der Waals surface area (Å²) in [6.07, 6.45) is 10.5. The Morgan fingerprint density at radius 1 is 1.26 bits per heavy atom. The molecule has 5 heteroatoms. The summed E-state index contributed by atoms with van der Waals surface area (Å²) in [5.41, 5.74) is 1.73. The molecule has 2 rings (SSSR count). The lowest BCUT2D eigenvalue weighted by Gasteiger charge is -2.10. The molecule has 1 heterocycles. The smallest absolute Gasteiger partial charge is 0.252 e. The van der Waals surface area contributed by atoms with Gasteiger partial charge in [0.1, 0.15) is 0 Å². The molecule has 1 aromatic heterocycles. The molecule has 0 saturated heterocycles. The molecule has 5 nitrogen and oxygen atoms in total. The lowest BCUT2D eigenvalue weighted by atomic mass is 9.99. The summed E-state index contributed by atoms with van der Waals surface area (Å²) < 4.78 is 0. The van der Waals surface area contributed by atoms with Crippen LogP contribution in [-0.2, 0) is 4.79 Å². The number of nitrogens with zero attached hydrogens (tertiary/aromatic N) is 1. The lowest BCUT2D eigenvalue weighted by Crippen LogP contribution is -2.29. The second kappa shape index (κ2) is 9.08. The molecule has 0 atom stereocenters. The number of carbonyl (C=O) groups is 2. The summed E-state index contributed by atoms with van der Waals surface area (Å²) >= 11 is 0. The van der Waals surface area contributed by atoms with Gasteiger partial charge in [-0.2, -0.15) is 0 Å². The minimum Gasteiger partial charge on any atom is -0.352 e. The van der Waals surface area contributed by atoms with E-state index in [1.54, 1.807) is 24.4 Å². The first-order chi connectivity index (χ1) is 11.2. The third-order valence-electron chi connectivity index (χ3n) is 4.22. The Labute approximate surface area is 137 Å². The first-order valence-electron chi connectivity index (χ1n) is 8.31. The van der Waals surface area contributed by atoms with E-state index >= 15 is 0 Å². The maximum absolute atomic E-state index is 11.8. The van der Waals surface area contributed by atoms with Crippen LogP contribution in [0.2, 0.25) is 0 Å². The van der Waals surface area contributed by atoms with Gasteiger partial charge in [0.2, 0.25) is 5.91 Å². The van der Waals surface area contributed by atoms with E-state index in [0.717, 1.165) is 0 Å². The van der Waals surface area contributed by atoms with E-state index in [4.69, 9.17) is 0 Å². The van der Waals surface area contributed by atoms with Crippen molar-refractivity contribution in [2.75, 3.05) is 13.1 Å². The fourth-order valence-corrected chi connectivity index (χ4v) is 2.86. The van der Waals surface area contributed by atoms with E-state index in [1.165, 1.54) is 37.5 Å². The Morgan fingerprint density at radius 3 is 2.70 bits per heavy atom. The van der Waals surface area contributed by atoms with Crippen LogP contribution in [0.25, 0.3) is 0 Å². The molecule has 23 heavy (non-hydrogen) atoms. The minimum atomic E-state index is -0.138. The maximum atomic E-state index is 11.8. The van der Waals surface area contributed by atoms with Crippen LogP contribution in [0.1, 0.15) is 49.4 Å². The summed E-state index contributed by atoms with van der Waals surface area (Å²) in [5, 5.41) is 5.68. The highest BCUT2D eigenvalue weighted by molar-refractivity contribution is 5.93. The van der Waals surface area contributed by atoms with Crippen LogP contribution < -0.4 is 10.6 Å². The Bertz CT molecular complexity index is 549. The number of carbonyl (C=O) groups excluding carboxylic acids is 2. The van der Waals surface area contributed by atoms with Crippen molar-refractivity contribution in [1.82, 2.24) is 15.6 Å². The molecule has 124 valence electrons. The van der Waals surface area contributed by atoms with Gasteiger partial charge in [-0.05, 0) is 44.2 Å². The van der Waals surface area contributed by atoms with Crippen molar-refractivity contribution < 1.29 is 9.59 Å². The lowest BCUT2D eigenvalue weighted by molar-refractivity contribution is -0.116. The average molecular weight is 315 g/mol. The summed E-state index contributed by atoms with van der Waals surface area (Å²) in [7, 11) is 0. The van der Waals surface area contributed by atoms with Crippen LogP contribution in [0, 0.1) is 5.92 Å². The molecule has 1 aliphatic carbocycles. The predicted octanol–water partition coefficient (Wildman–Crippen LogP) is 2.45. The number of rotatable bonds is 7. The van der Waals surface area contributed by atoms with Gasteiger partial charge in [0.15, 0.2) is 0 Å². The molecular weight excluding hydrogens is 290 g/mol. The third-order valence-corrected chi connectivity index (χ3v) is 4.22. The minimum absolute atomic E-state index is 0.0343. The molecule has 1 fully saturated rings. The standard InChI is InChI=1S/C18H25N3O2/c1-14(15-6-2-3-7-15)12-17(22)20-10-5-11-21-18(23)16-8-4-9-19-13-16/h4,8-9,12-13,15H,2-3,5-7,10-11H2,1H3,(H,20,22)(H,21,23)/b14-12+. The van der Waals surface area contributed by atoms with E-state index in [-0.39, 0.29) is 11.8 Å². The molecule has 2 N–H and O–H groups in total. The van der Waals surface area contributed by atoms with Crippen LogP contribution in [-0.4, -0.2) is 29.9 Å². The molecule has 0 radical (unpaired) electrons. The SMILES string of the molecule is C/C(=C\C(=O)NCCCNC(=O)c1cccnc1)C1CCCC1. The van der Waals surface area contributed by atoms with E-state index < -0.39 is 0 Å². The molecule has 1 aromatic rings. The van der Waals surface area contributed by atoms with Crippen LogP contribution >= 0.6 is 0 Å². The van der Waals surface area contributed by atoms with Crippen molar-refractivity contribution in [3.63, 3.8) is 0 Å². The Kier molecular flexibility index (Phi) is 6.78. The topological polar surface area (TPSA) is 71.1 Å². The van der Waals surface area contributed by atoms with Gasteiger partial charge in [-0.1, -0.05) is 18.4 Å². The van der Waals surface area contributed by atoms with Gasteiger partial charge in [-0.25, -0.2) is 0 Å². The van der Waals surface area contributed by atoms with Gasteiger partial charge < -0.3 is 10.6 Å². The molecule has 1 saturated carbocycles. The summed E-state index contributed by atoms with van der Waals surface area (Å²) in [4.78, 5) is 27.5. The first-order valence-corrected chi connectivity index (χ1v) is 8.31. The number of pyridine rings is 1. The zero-order valence-corrected chi connectivity index (χ0v) is 13.7. The van der Waals surface area contributed by atoms with E-state index in [9.17, 15) is 9.59 Å². The highest BCUT2D eigenvalue weighted by Crippen LogP contribution is 2.30. The molecule has 1 aliphatic rings. The molecule has 0 bridgehead atoms. The van der Waals surface area contributed by atoms with Crippen LogP contribution in [0.15, 0.2) is 36.2 Å². The van der Waals surface area contributed by atoms with Crippen LogP contribution in [0.5, 0.6) is 0 Å². The van der Waals surface area contributed by atoms with Crippen molar-refractivity contribution in [2.45, 2.75) is 39.0 Å². The van der Waals surface area contributed by atoms with E-state index in [1.807, 2.05) is 6.92 Å². The number of amides is 2. The van der Waals surface area contributed by atoms with Crippen molar-refractivity contribution in [3.8, 4) is 0 Å². The maximum Gasteiger partial charge on any atom is 0.252 e. The van der Waals surface area contributed by atoms with E-state index in [0.29, 0.717) is 31.0 Å². The average Bonchev–Trinajstić information content (AvgIpc) is 3.09. The van der Waals surface area contributed by atoms with Gasteiger partial charge >= 0.3 is 0 Å². The van der Waals surface area contributed by atoms with Gasteiger partial charge in [-0.3, -0.25) is 14.6 Å². The van der Waals surface area contributed by atoms with Gasteiger partial charge in [-0.15, -0.1) is 0 Å². The fourth-order valence-electron chi connectivity index (χ4n) is 2.86. The molecule has 2 amide bonds. The summed E-state index contributed by atoms with van der Waals surface area (Å²) in [6.45, 7) is 3.13. The van der Waals surface area contributed by atoms with Crippen molar-refractivity contribution >= 4 is 11.8 Å². The van der Waals surface area contributed by atoms with Gasteiger partial charge in [0.25, 0.3) is 5.91 Å². The zero-order chi connectivity index (χ0) is 16.5. The Balaban J connectivity index is 1.60. The third kappa shape index (κ3) is 5.85. The van der Waals surface area contributed by atoms with Crippen molar-refractivity contribution in [3.05, 3.63) is 41.7 Å². The number of aromatic nitrogens is 1. The molecule has 0 spiro atoms. The van der Waals surface area contributed by atoms with Gasteiger partial charge in [0.05, 0.1) is 5.56 Å². The van der Waals surface area contributed by atoms with Gasteiger partial charge in [0, 0.05) is 31.6 Å². The molecular formula is C18H25N3O2. The quantitative estimate of drug-likeness (QED) is 0.600. The fraction of sp³-hybridized carbons (Fsp3) is 0.500. The number of nitrogens with one attached hydrogen (secondary N) is 2. The van der Waals surface area contributed by atoms with Crippen molar-refractivity contribution in [2.24, 2.45) is 5.92 Å². The van der Waals surface area contributed by atoms with Crippen LogP contribution in [0.3, 0.4) is 0 Å². The van der Waals surface area contributed by atoms with Crippen molar-refractivity contribution in [1.29, 1.82) is 0 Å². The largest absolute Gasteiger partial charge is 0.352 e. The van der Waals surface area contributed by atoms with E-state index in [2.05, 4.69) is 15.6 Å². The summed E-state index contributed by atoms with van der Waals surface area (Å²) in [6, 6.07) is 3.45. The monoisotopic (exact) mass is 315 g/mol. The predicted molar refractivity (Wildman–Crippen MR) is 89.9 cm³/mol. The Morgan fingerprint density at radius 2 is 2.00 bits per heavy atom. The first kappa shape index (κ1) is 17.2. The Hall–Kier alpha value is -2.17. The number of hydrogen-bond acceptors (Lipinski definition) is 3.